The van der Waals surface area contributed by atoms with Crippen LogP contribution in [0.4, 0.5) is 23.7 Å². The molecule has 0 unspecified atom stereocenters. The van der Waals surface area contributed by atoms with E-state index in [0.29, 0.717) is 4.68 Å². The minimum absolute atomic E-state index is 0.169. The summed E-state index contributed by atoms with van der Waals surface area (Å²) < 4.78 is 57.1. The number of nitrogens with one attached hydrogen (secondary N) is 1. The highest BCUT2D eigenvalue weighted by atomic mass is 19.4. The summed E-state index contributed by atoms with van der Waals surface area (Å²) in [4.78, 5) is 22.1. The summed E-state index contributed by atoms with van der Waals surface area (Å²) in [7, 11) is 0. The number of nitrogens with zero attached hydrogens (tertiary/aromatic N) is 3. The molecule has 1 aliphatic heterocycles. The van der Waals surface area contributed by atoms with Crippen LogP contribution in [0.3, 0.4) is 0 Å². The Morgan fingerprint density at radius 2 is 1.97 bits per heavy atom. The minimum atomic E-state index is -4.99. The van der Waals surface area contributed by atoms with E-state index in [1.165, 1.54) is 0 Å². The van der Waals surface area contributed by atoms with Crippen LogP contribution in [0, 0.1) is 10.1 Å². The van der Waals surface area contributed by atoms with E-state index in [4.69, 9.17) is 14.2 Å². The van der Waals surface area contributed by atoms with Crippen molar-refractivity contribution in [3.63, 3.8) is 0 Å². The maximum atomic E-state index is 13.7. The standard InChI is InChI=1S/C18H27F3N4O6/c1-11(22-16(26)31-17(2,3)4)5-10-30-15-13(25(27)28)14(18(19,20)21)24(23-15)12-6-8-29-9-7-12/h11-12H,5-10H2,1-4H3,(H,22,26)/t11-/m1/s1. The van der Waals surface area contributed by atoms with Crippen LogP contribution < -0.4 is 10.1 Å². The SMILES string of the molecule is C[C@H](CCOc1nn(C2CCOCC2)c(C(F)(F)F)c1[N+](=O)[O-])NC(=O)OC(C)(C)C. The third-order valence-electron chi connectivity index (χ3n) is 4.40. The molecule has 0 bridgehead atoms. The fourth-order valence-electron chi connectivity index (χ4n) is 3.04. The van der Waals surface area contributed by atoms with Gasteiger partial charge in [-0.15, -0.1) is 5.10 Å². The molecule has 13 heteroatoms. The molecular formula is C18H27F3N4O6. The van der Waals surface area contributed by atoms with Crippen molar-refractivity contribution >= 4 is 11.8 Å². The Morgan fingerprint density at radius 1 is 1.35 bits per heavy atom. The number of hydrogen-bond donors (Lipinski definition) is 1. The Labute approximate surface area is 177 Å². The Kier molecular flexibility index (Phi) is 7.73. The summed E-state index contributed by atoms with van der Waals surface area (Å²) >= 11 is 0. The zero-order chi connectivity index (χ0) is 23.4. The molecule has 1 atom stereocenters. The van der Waals surface area contributed by atoms with E-state index >= 15 is 0 Å². The summed E-state index contributed by atoms with van der Waals surface area (Å²) in [6.45, 7) is 7.02. The molecule has 2 heterocycles. The van der Waals surface area contributed by atoms with Gasteiger partial charge >= 0.3 is 23.8 Å². The molecule has 1 N–H and O–H groups in total. The highest BCUT2D eigenvalue weighted by Crippen LogP contribution is 2.43. The number of alkyl halides is 3. The molecule has 1 aromatic heterocycles. The monoisotopic (exact) mass is 452 g/mol. The lowest BCUT2D eigenvalue weighted by molar-refractivity contribution is -0.389. The Bertz CT molecular complexity index is 784. The number of rotatable bonds is 7. The largest absolute Gasteiger partial charge is 0.472 e. The number of amides is 1. The molecule has 0 aromatic carbocycles. The zero-order valence-corrected chi connectivity index (χ0v) is 17.8. The first-order chi connectivity index (χ1) is 14.3. The molecule has 1 aromatic rings. The number of carbonyl (C=O) groups is 1. The van der Waals surface area contributed by atoms with Crippen LogP contribution in [-0.4, -0.2) is 52.3 Å². The number of carbonyl (C=O) groups excluding carboxylic acids is 1. The van der Waals surface area contributed by atoms with Gasteiger partial charge in [0.2, 0.25) is 5.69 Å². The summed E-state index contributed by atoms with van der Waals surface area (Å²) in [5.74, 6) is -0.701. The van der Waals surface area contributed by atoms with Crippen molar-refractivity contribution in [3.05, 3.63) is 15.8 Å². The van der Waals surface area contributed by atoms with E-state index in [2.05, 4.69) is 10.4 Å². The molecular weight excluding hydrogens is 425 g/mol. The molecule has 0 radical (unpaired) electrons. The highest BCUT2D eigenvalue weighted by molar-refractivity contribution is 5.68. The Morgan fingerprint density at radius 3 is 2.48 bits per heavy atom. The van der Waals surface area contributed by atoms with Gasteiger partial charge in [-0.1, -0.05) is 0 Å². The van der Waals surface area contributed by atoms with Crippen LogP contribution in [0.15, 0.2) is 0 Å². The molecule has 0 aliphatic carbocycles. The van der Waals surface area contributed by atoms with Gasteiger partial charge in [0, 0.05) is 25.7 Å². The molecule has 0 spiro atoms. The van der Waals surface area contributed by atoms with Gasteiger partial charge in [-0.2, -0.15) is 13.2 Å². The van der Waals surface area contributed by atoms with E-state index in [1.54, 1.807) is 27.7 Å². The molecule has 10 nitrogen and oxygen atoms in total. The zero-order valence-electron chi connectivity index (χ0n) is 17.8. The first-order valence-corrected chi connectivity index (χ1v) is 9.83. The van der Waals surface area contributed by atoms with E-state index in [9.17, 15) is 28.1 Å². The summed E-state index contributed by atoms with van der Waals surface area (Å²) in [5, 5.41) is 17.8. The maximum Gasteiger partial charge on any atom is 0.440 e. The van der Waals surface area contributed by atoms with Gasteiger partial charge in [0.05, 0.1) is 17.6 Å². The summed E-state index contributed by atoms with van der Waals surface area (Å²) in [6, 6.07) is -1.14. The average Bonchev–Trinajstić information content (AvgIpc) is 3.01. The molecule has 1 fully saturated rings. The van der Waals surface area contributed by atoms with E-state index < -0.39 is 52.1 Å². The van der Waals surface area contributed by atoms with Gasteiger partial charge in [0.15, 0.2) is 0 Å². The summed E-state index contributed by atoms with van der Waals surface area (Å²) in [6.07, 6.45) is -4.98. The fourth-order valence-corrected chi connectivity index (χ4v) is 3.04. The van der Waals surface area contributed by atoms with E-state index in [1.807, 2.05) is 0 Å². The van der Waals surface area contributed by atoms with Crippen molar-refractivity contribution in [2.24, 2.45) is 0 Å². The number of aromatic nitrogens is 2. The van der Waals surface area contributed by atoms with Crippen LogP contribution >= 0.6 is 0 Å². The summed E-state index contributed by atoms with van der Waals surface area (Å²) in [5.41, 5.74) is -3.35. The van der Waals surface area contributed by atoms with Gasteiger partial charge in [-0.05, 0) is 40.5 Å². The number of hydrogen-bond acceptors (Lipinski definition) is 7. The van der Waals surface area contributed by atoms with Crippen molar-refractivity contribution < 1.29 is 37.1 Å². The van der Waals surface area contributed by atoms with Gasteiger partial charge < -0.3 is 19.5 Å². The number of halogens is 3. The van der Waals surface area contributed by atoms with Crippen LogP contribution in [-0.2, 0) is 15.7 Å². The number of ether oxygens (including phenoxy) is 3. The predicted molar refractivity (Wildman–Crippen MR) is 102 cm³/mol. The van der Waals surface area contributed by atoms with E-state index in [0.717, 1.165) is 0 Å². The topological polar surface area (TPSA) is 118 Å². The quantitative estimate of drug-likeness (QED) is 0.493. The van der Waals surface area contributed by atoms with Crippen LogP contribution in [0.1, 0.15) is 58.7 Å². The van der Waals surface area contributed by atoms with Crippen molar-refractivity contribution in [2.45, 2.75) is 70.8 Å². The molecule has 1 aliphatic rings. The molecule has 1 amide bonds. The Balaban J connectivity index is 2.14. The lowest BCUT2D eigenvalue weighted by Crippen LogP contribution is -2.38. The maximum absolute atomic E-state index is 13.7. The number of nitro groups is 1. The second-order valence-electron chi connectivity index (χ2n) is 8.23. The Hall–Kier alpha value is -2.57. The van der Waals surface area contributed by atoms with Crippen LogP contribution in [0.2, 0.25) is 0 Å². The van der Waals surface area contributed by atoms with Gasteiger partial charge in [0.25, 0.3) is 0 Å². The van der Waals surface area contributed by atoms with Crippen molar-refractivity contribution in [1.29, 1.82) is 0 Å². The normalized spacial score (nSPS) is 16.6. The lowest BCUT2D eigenvalue weighted by atomic mass is 10.1. The fraction of sp³-hybridized carbons (Fsp3) is 0.778. The van der Waals surface area contributed by atoms with Gasteiger partial charge in [0.1, 0.15) is 5.60 Å². The third kappa shape index (κ3) is 6.97. The average molecular weight is 452 g/mol. The van der Waals surface area contributed by atoms with Gasteiger partial charge in [-0.25, -0.2) is 9.48 Å². The smallest absolute Gasteiger partial charge is 0.440 e. The second-order valence-corrected chi connectivity index (χ2v) is 8.23. The van der Waals surface area contributed by atoms with Crippen molar-refractivity contribution in [2.75, 3.05) is 19.8 Å². The molecule has 2 rings (SSSR count). The van der Waals surface area contributed by atoms with Crippen LogP contribution in [0.25, 0.3) is 0 Å². The second kappa shape index (κ2) is 9.71. The van der Waals surface area contributed by atoms with Gasteiger partial charge in [-0.3, -0.25) is 10.1 Å². The third-order valence-corrected chi connectivity index (χ3v) is 4.40. The highest BCUT2D eigenvalue weighted by Gasteiger charge is 2.48. The predicted octanol–water partition coefficient (Wildman–Crippen LogP) is 3.84. The first kappa shape index (κ1) is 24.7. The van der Waals surface area contributed by atoms with Crippen molar-refractivity contribution in [1.82, 2.24) is 15.1 Å². The van der Waals surface area contributed by atoms with E-state index in [-0.39, 0.29) is 39.1 Å². The molecule has 1 saturated heterocycles. The lowest BCUT2D eigenvalue weighted by Gasteiger charge is -2.24. The number of alkyl carbamates (subject to hydrolysis) is 1. The minimum Gasteiger partial charge on any atom is -0.472 e. The first-order valence-electron chi connectivity index (χ1n) is 9.83. The van der Waals surface area contributed by atoms with Crippen LogP contribution in [0.5, 0.6) is 5.88 Å². The molecule has 0 saturated carbocycles. The molecule has 176 valence electrons. The van der Waals surface area contributed by atoms with Crippen molar-refractivity contribution in [3.8, 4) is 5.88 Å². The molecule has 31 heavy (non-hydrogen) atoms.